The molecule has 0 unspecified atom stereocenters. The van der Waals surface area contributed by atoms with E-state index in [-0.39, 0.29) is 5.75 Å². The highest BCUT2D eigenvalue weighted by molar-refractivity contribution is 5.78. The molecule has 1 aromatic carbocycles. The number of nitrogens with zero attached hydrogens (tertiary/aromatic N) is 3. The number of carbonyl (C=O) groups is 1. The predicted molar refractivity (Wildman–Crippen MR) is 94.3 cm³/mol. The Morgan fingerprint density at radius 1 is 1.42 bits per heavy atom. The quantitative estimate of drug-likeness (QED) is 0.770. The molecule has 1 aromatic heterocycles. The van der Waals surface area contributed by atoms with Crippen LogP contribution in [0.4, 0.5) is 4.39 Å². The minimum atomic E-state index is -1.32. The number of hydrogen-bond donors (Lipinski definition) is 1. The maximum atomic E-state index is 13.4. The van der Waals surface area contributed by atoms with Gasteiger partial charge in [0, 0.05) is 50.3 Å². The first-order valence-electron chi connectivity index (χ1n) is 8.53. The standard InChI is InChI=1S/C19H22FN3O3/c1-2-8-23-14-15(12-21-23)13-22-9-6-19(7-10-22,18(24)25)26-17-5-3-4-16(20)11-17/h2-5,11-12,14H,1,6-10,13H2,(H,24,25). The third-order valence-electron chi connectivity index (χ3n) is 4.57. The Bertz CT molecular complexity index is 782. The molecule has 3 rings (SSSR count). The highest BCUT2D eigenvalue weighted by atomic mass is 19.1. The monoisotopic (exact) mass is 359 g/mol. The summed E-state index contributed by atoms with van der Waals surface area (Å²) in [6.45, 7) is 6.20. The van der Waals surface area contributed by atoms with Crippen LogP contribution in [0, 0.1) is 5.82 Å². The van der Waals surface area contributed by atoms with Crippen molar-refractivity contribution < 1.29 is 19.0 Å². The van der Waals surface area contributed by atoms with E-state index in [1.165, 1.54) is 18.2 Å². The molecular formula is C19H22FN3O3. The molecule has 7 heteroatoms. The van der Waals surface area contributed by atoms with Crippen molar-refractivity contribution in [2.75, 3.05) is 13.1 Å². The summed E-state index contributed by atoms with van der Waals surface area (Å²) in [6, 6.07) is 5.60. The van der Waals surface area contributed by atoms with Gasteiger partial charge in [-0.3, -0.25) is 9.58 Å². The van der Waals surface area contributed by atoms with E-state index in [1.54, 1.807) is 16.8 Å². The number of piperidine rings is 1. The normalized spacial score (nSPS) is 17.0. The molecule has 6 nitrogen and oxygen atoms in total. The van der Waals surface area contributed by atoms with Crippen LogP contribution in [0.5, 0.6) is 5.75 Å². The maximum absolute atomic E-state index is 13.4. The van der Waals surface area contributed by atoms with Gasteiger partial charge in [-0.2, -0.15) is 5.10 Å². The Morgan fingerprint density at radius 3 is 2.85 bits per heavy atom. The van der Waals surface area contributed by atoms with Gasteiger partial charge in [0.05, 0.1) is 12.7 Å². The molecule has 1 aliphatic rings. The lowest BCUT2D eigenvalue weighted by molar-refractivity contribution is -0.159. The van der Waals surface area contributed by atoms with Crippen molar-refractivity contribution in [2.45, 2.75) is 31.5 Å². The van der Waals surface area contributed by atoms with Crippen LogP contribution in [0.25, 0.3) is 0 Å². The molecular weight excluding hydrogens is 337 g/mol. The SMILES string of the molecule is C=CCn1cc(CN2CCC(Oc3cccc(F)c3)(C(=O)O)CC2)cn1. The van der Waals surface area contributed by atoms with Gasteiger partial charge in [0.2, 0.25) is 5.60 Å². The second-order valence-corrected chi connectivity index (χ2v) is 6.49. The number of likely N-dealkylation sites (tertiary alicyclic amines) is 1. The van der Waals surface area contributed by atoms with Gasteiger partial charge in [0.1, 0.15) is 11.6 Å². The number of benzene rings is 1. The van der Waals surface area contributed by atoms with E-state index >= 15 is 0 Å². The molecule has 0 spiro atoms. The number of carboxylic acid groups (broad SMARTS) is 1. The van der Waals surface area contributed by atoms with Crippen molar-refractivity contribution >= 4 is 5.97 Å². The molecule has 2 heterocycles. The van der Waals surface area contributed by atoms with Gasteiger partial charge in [0.25, 0.3) is 0 Å². The van der Waals surface area contributed by atoms with E-state index in [2.05, 4.69) is 16.6 Å². The number of ether oxygens (including phenoxy) is 1. The molecule has 2 aromatic rings. The molecule has 26 heavy (non-hydrogen) atoms. The molecule has 1 aliphatic heterocycles. The Morgan fingerprint density at radius 2 is 2.19 bits per heavy atom. The van der Waals surface area contributed by atoms with E-state index in [1.807, 2.05) is 12.4 Å². The lowest BCUT2D eigenvalue weighted by atomic mass is 9.91. The number of aliphatic carboxylic acids is 1. The van der Waals surface area contributed by atoms with Gasteiger partial charge in [-0.15, -0.1) is 6.58 Å². The zero-order valence-electron chi connectivity index (χ0n) is 14.5. The Labute approximate surface area is 151 Å². The fourth-order valence-electron chi connectivity index (χ4n) is 3.17. The van der Waals surface area contributed by atoms with E-state index < -0.39 is 17.4 Å². The number of halogens is 1. The summed E-state index contributed by atoms with van der Waals surface area (Å²) in [7, 11) is 0. The van der Waals surface area contributed by atoms with Crippen LogP contribution >= 0.6 is 0 Å². The summed E-state index contributed by atoms with van der Waals surface area (Å²) in [6.07, 6.45) is 6.22. The van der Waals surface area contributed by atoms with E-state index in [9.17, 15) is 14.3 Å². The Balaban J connectivity index is 1.63. The lowest BCUT2D eigenvalue weighted by Gasteiger charge is -2.38. The Kier molecular flexibility index (Phi) is 5.37. The summed E-state index contributed by atoms with van der Waals surface area (Å²) < 4.78 is 20.9. The van der Waals surface area contributed by atoms with Gasteiger partial charge in [0.15, 0.2) is 0 Å². The topological polar surface area (TPSA) is 67.6 Å². The van der Waals surface area contributed by atoms with Crippen LogP contribution in [0.3, 0.4) is 0 Å². The van der Waals surface area contributed by atoms with Crippen molar-refractivity contribution in [1.82, 2.24) is 14.7 Å². The molecule has 0 amide bonds. The molecule has 0 atom stereocenters. The second kappa shape index (κ2) is 7.70. The van der Waals surface area contributed by atoms with Gasteiger partial charge in [-0.25, -0.2) is 9.18 Å². The van der Waals surface area contributed by atoms with Crippen molar-refractivity contribution in [3.63, 3.8) is 0 Å². The maximum Gasteiger partial charge on any atom is 0.348 e. The highest BCUT2D eigenvalue weighted by Gasteiger charge is 2.44. The molecule has 0 radical (unpaired) electrons. The van der Waals surface area contributed by atoms with Crippen LogP contribution in [-0.2, 0) is 17.9 Å². The summed E-state index contributed by atoms with van der Waals surface area (Å²) in [5.74, 6) is -1.22. The van der Waals surface area contributed by atoms with Crippen LogP contribution in [-0.4, -0.2) is 44.4 Å². The third-order valence-corrected chi connectivity index (χ3v) is 4.57. The number of aromatic nitrogens is 2. The van der Waals surface area contributed by atoms with Crippen molar-refractivity contribution in [2.24, 2.45) is 0 Å². The fraction of sp³-hybridized carbons (Fsp3) is 0.368. The Hall–Kier alpha value is -2.67. The fourth-order valence-corrected chi connectivity index (χ4v) is 3.17. The van der Waals surface area contributed by atoms with Crippen molar-refractivity contribution in [3.05, 3.63) is 60.7 Å². The largest absolute Gasteiger partial charge is 0.478 e. The van der Waals surface area contributed by atoms with Crippen LogP contribution < -0.4 is 4.74 Å². The minimum Gasteiger partial charge on any atom is -0.478 e. The van der Waals surface area contributed by atoms with Crippen molar-refractivity contribution in [3.8, 4) is 5.75 Å². The second-order valence-electron chi connectivity index (χ2n) is 6.49. The van der Waals surface area contributed by atoms with E-state index in [0.29, 0.717) is 39.0 Å². The van der Waals surface area contributed by atoms with Gasteiger partial charge in [-0.05, 0) is 12.1 Å². The highest BCUT2D eigenvalue weighted by Crippen LogP contribution is 2.30. The minimum absolute atomic E-state index is 0.242. The first kappa shape index (κ1) is 18.1. The lowest BCUT2D eigenvalue weighted by Crippen LogP contribution is -2.53. The molecule has 1 N–H and O–H groups in total. The average Bonchev–Trinajstić information content (AvgIpc) is 3.04. The zero-order chi connectivity index (χ0) is 18.6. The van der Waals surface area contributed by atoms with Gasteiger partial charge in [-0.1, -0.05) is 12.1 Å². The molecule has 0 bridgehead atoms. The molecule has 0 aliphatic carbocycles. The molecule has 1 fully saturated rings. The number of rotatable bonds is 7. The third kappa shape index (κ3) is 4.11. The summed E-state index contributed by atoms with van der Waals surface area (Å²) in [5, 5.41) is 14.0. The van der Waals surface area contributed by atoms with Crippen LogP contribution in [0.15, 0.2) is 49.3 Å². The van der Waals surface area contributed by atoms with Crippen LogP contribution in [0.1, 0.15) is 18.4 Å². The van der Waals surface area contributed by atoms with E-state index in [0.717, 1.165) is 5.56 Å². The van der Waals surface area contributed by atoms with Crippen molar-refractivity contribution in [1.29, 1.82) is 0 Å². The summed E-state index contributed by atoms with van der Waals surface area (Å²) in [5.41, 5.74) is -0.252. The number of allylic oxidation sites excluding steroid dienone is 1. The molecule has 138 valence electrons. The van der Waals surface area contributed by atoms with E-state index in [4.69, 9.17) is 4.74 Å². The first-order chi connectivity index (χ1) is 12.5. The predicted octanol–water partition coefficient (Wildman–Crippen LogP) is 2.71. The number of hydrogen-bond acceptors (Lipinski definition) is 4. The number of carboxylic acids is 1. The smallest absolute Gasteiger partial charge is 0.348 e. The van der Waals surface area contributed by atoms with Crippen LogP contribution in [0.2, 0.25) is 0 Å². The average molecular weight is 359 g/mol. The summed E-state index contributed by atoms with van der Waals surface area (Å²) >= 11 is 0. The zero-order valence-corrected chi connectivity index (χ0v) is 14.5. The van der Waals surface area contributed by atoms with Gasteiger partial charge < -0.3 is 9.84 Å². The summed E-state index contributed by atoms with van der Waals surface area (Å²) in [4.78, 5) is 14.0. The van der Waals surface area contributed by atoms with Gasteiger partial charge >= 0.3 is 5.97 Å². The first-order valence-corrected chi connectivity index (χ1v) is 8.53. The molecule has 0 saturated carbocycles. The molecule has 1 saturated heterocycles.